The Labute approximate surface area is 203 Å². The fourth-order valence-corrected chi connectivity index (χ4v) is 4.32. The van der Waals surface area contributed by atoms with Crippen molar-refractivity contribution in [2.24, 2.45) is 5.92 Å². The Bertz CT molecular complexity index is 1440. The van der Waals surface area contributed by atoms with Gasteiger partial charge < -0.3 is 14.2 Å². The number of methoxy groups -OCH3 is 1. The molecule has 35 heavy (non-hydrogen) atoms. The van der Waals surface area contributed by atoms with E-state index in [0.717, 1.165) is 21.9 Å². The smallest absolute Gasteiger partial charge is 0.313 e. The molecule has 4 nitrogen and oxygen atoms in total. The summed E-state index contributed by atoms with van der Waals surface area (Å²) in [7, 11) is 1.60. The van der Waals surface area contributed by atoms with Gasteiger partial charge in [0.1, 0.15) is 23.1 Å². The number of hydrogen-bond donors (Lipinski definition) is 0. The van der Waals surface area contributed by atoms with E-state index in [2.05, 4.69) is 0 Å². The highest BCUT2D eigenvalue weighted by molar-refractivity contribution is 5.95. The lowest BCUT2D eigenvalue weighted by Gasteiger charge is -2.36. The van der Waals surface area contributed by atoms with Crippen LogP contribution in [0.2, 0.25) is 0 Å². The minimum Gasteiger partial charge on any atom is -0.497 e. The van der Waals surface area contributed by atoms with Crippen LogP contribution in [-0.4, -0.2) is 13.1 Å². The molecule has 1 heterocycles. The summed E-state index contributed by atoms with van der Waals surface area (Å²) in [5.41, 5.74) is 0.849. The van der Waals surface area contributed by atoms with Crippen molar-refractivity contribution in [3.05, 3.63) is 107 Å². The summed E-state index contributed by atoms with van der Waals surface area (Å²) in [5.74, 6) is 0.890. The average Bonchev–Trinajstić information content (AvgIpc) is 2.88. The van der Waals surface area contributed by atoms with Gasteiger partial charge >= 0.3 is 5.97 Å². The lowest BCUT2D eigenvalue weighted by molar-refractivity contribution is -0.137. The van der Waals surface area contributed by atoms with Crippen molar-refractivity contribution in [2.45, 2.75) is 19.4 Å². The lowest BCUT2D eigenvalue weighted by atomic mass is 9.83. The molecule has 0 aromatic heterocycles. The molecule has 0 N–H and O–H groups in total. The van der Waals surface area contributed by atoms with Crippen LogP contribution in [-0.2, 0) is 10.4 Å². The number of carbonyl (C=O) groups is 1. The zero-order valence-corrected chi connectivity index (χ0v) is 19.7. The van der Waals surface area contributed by atoms with Gasteiger partial charge in [0.15, 0.2) is 5.60 Å². The third kappa shape index (κ3) is 4.03. The van der Waals surface area contributed by atoms with Crippen LogP contribution in [0.25, 0.3) is 16.8 Å². The van der Waals surface area contributed by atoms with Gasteiger partial charge in [-0.25, -0.2) is 4.39 Å². The van der Waals surface area contributed by atoms with Crippen molar-refractivity contribution >= 4 is 22.8 Å². The maximum Gasteiger partial charge on any atom is 0.313 e. The molecule has 4 aromatic carbocycles. The second kappa shape index (κ2) is 8.91. The Hall–Kier alpha value is -4.12. The Morgan fingerprint density at radius 1 is 0.943 bits per heavy atom. The van der Waals surface area contributed by atoms with Gasteiger partial charge in [-0.2, -0.15) is 0 Å². The zero-order chi connectivity index (χ0) is 24.6. The summed E-state index contributed by atoms with van der Waals surface area (Å²) >= 11 is 0. The molecule has 0 saturated heterocycles. The van der Waals surface area contributed by atoms with Gasteiger partial charge in [-0.3, -0.25) is 4.79 Å². The molecular formula is C30H25FO4. The molecule has 1 atom stereocenters. The first kappa shape index (κ1) is 22.7. The molecule has 0 saturated carbocycles. The molecule has 0 radical (unpaired) electrons. The number of hydrogen-bond acceptors (Lipinski definition) is 4. The van der Waals surface area contributed by atoms with Gasteiger partial charge in [-0.15, -0.1) is 0 Å². The molecule has 0 aliphatic carbocycles. The number of benzene rings is 4. The highest BCUT2D eigenvalue weighted by Crippen LogP contribution is 2.45. The Morgan fingerprint density at radius 3 is 2.37 bits per heavy atom. The number of fused-ring (bicyclic) bond motifs is 3. The highest BCUT2D eigenvalue weighted by atomic mass is 19.1. The largest absolute Gasteiger partial charge is 0.497 e. The molecule has 1 aliphatic heterocycles. The summed E-state index contributed by atoms with van der Waals surface area (Å²) in [6, 6.07) is 23.4. The summed E-state index contributed by atoms with van der Waals surface area (Å²) in [4.78, 5) is 12.1. The molecule has 176 valence electrons. The predicted molar refractivity (Wildman–Crippen MR) is 134 cm³/mol. The number of ether oxygens (including phenoxy) is 3. The number of carbonyl (C=O) groups excluding carboxylic acids is 1. The van der Waals surface area contributed by atoms with E-state index in [1.54, 1.807) is 45.2 Å². The monoisotopic (exact) mass is 468 g/mol. The molecule has 4 aromatic rings. The van der Waals surface area contributed by atoms with Gasteiger partial charge in [0.25, 0.3) is 0 Å². The van der Waals surface area contributed by atoms with Crippen LogP contribution in [0.1, 0.15) is 30.5 Å². The zero-order valence-electron chi connectivity index (χ0n) is 19.7. The minimum absolute atomic E-state index is 0.232. The van der Waals surface area contributed by atoms with Gasteiger partial charge in [0.05, 0.1) is 13.0 Å². The molecule has 5 rings (SSSR count). The van der Waals surface area contributed by atoms with Crippen molar-refractivity contribution in [1.29, 1.82) is 0 Å². The van der Waals surface area contributed by atoms with E-state index in [1.807, 2.05) is 60.7 Å². The van der Waals surface area contributed by atoms with Crippen LogP contribution < -0.4 is 14.2 Å². The second-order valence-electron chi connectivity index (χ2n) is 8.82. The van der Waals surface area contributed by atoms with E-state index < -0.39 is 5.60 Å². The van der Waals surface area contributed by atoms with Gasteiger partial charge in [0.2, 0.25) is 0 Å². The molecule has 0 bridgehead atoms. The normalized spacial score (nSPS) is 16.6. The van der Waals surface area contributed by atoms with Gasteiger partial charge in [-0.05, 0) is 59.3 Å². The van der Waals surface area contributed by atoms with E-state index in [0.29, 0.717) is 22.8 Å². The molecule has 5 heteroatoms. The molecule has 0 spiro atoms. The SMILES string of the molecule is COc1ccc(C2(c3ccccc3F)C=Cc3c(ccc4ccc(OC(=O)C(C)C)cc34)O2)cc1. The Kier molecular flexibility index (Phi) is 5.77. The maximum atomic E-state index is 15.1. The third-order valence-electron chi connectivity index (χ3n) is 6.23. The average molecular weight is 469 g/mol. The second-order valence-corrected chi connectivity index (χ2v) is 8.82. The van der Waals surface area contributed by atoms with E-state index in [4.69, 9.17) is 14.2 Å². The number of rotatable bonds is 5. The van der Waals surface area contributed by atoms with Gasteiger partial charge in [0, 0.05) is 16.7 Å². The predicted octanol–water partition coefficient (Wildman–Crippen LogP) is 6.90. The van der Waals surface area contributed by atoms with Crippen molar-refractivity contribution < 1.29 is 23.4 Å². The van der Waals surface area contributed by atoms with Crippen molar-refractivity contribution in [3.63, 3.8) is 0 Å². The molecule has 0 amide bonds. The quantitative estimate of drug-likeness (QED) is 0.236. The van der Waals surface area contributed by atoms with Crippen LogP contribution >= 0.6 is 0 Å². The van der Waals surface area contributed by atoms with Gasteiger partial charge in [-0.1, -0.05) is 56.3 Å². The molecule has 1 aliphatic rings. The Balaban J connectivity index is 1.65. The summed E-state index contributed by atoms with van der Waals surface area (Å²) in [6.07, 6.45) is 3.83. The van der Waals surface area contributed by atoms with E-state index in [9.17, 15) is 4.79 Å². The summed E-state index contributed by atoms with van der Waals surface area (Å²) in [6.45, 7) is 3.59. The first-order chi connectivity index (χ1) is 16.9. The van der Waals surface area contributed by atoms with Crippen LogP contribution in [0.3, 0.4) is 0 Å². The van der Waals surface area contributed by atoms with Crippen molar-refractivity contribution in [1.82, 2.24) is 0 Å². The van der Waals surface area contributed by atoms with E-state index in [1.165, 1.54) is 6.07 Å². The number of esters is 1. The van der Waals surface area contributed by atoms with Crippen molar-refractivity contribution in [2.75, 3.05) is 7.11 Å². The standard InChI is InChI=1S/C30H25FO4/c1-19(2)29(32)34-23-12-8-20-9-15-28-24(25(20)18-23)16-17-30(35-28,26-6-4-5-7-27(26)31)21-10-13-22(33-3)14-11-21/h4-19H,1-3H3. The van der Waals surface area contributed by atoms with Crippen LogP contribution in [0.4, 0.5) is 4.39 Å². The van der Waals surface area contributed by atoms with E-state index >= 15 is 4.39 Å². The number of halogens is 1. The maximum absolute atomic E-state index is 15.1. The highest BCUT2D eigenvalue weighted by Gasteiger charge is 2.39. The third-order valence-corrected chi connectivity index (χ3v) is 6.23. The van der Waals surface area contributed by atoms with E-state index in [-0.39, 0.29) is 17.7 Å². The first-order valence-corrected chi connectivity index (χ1v) is 11.5. The van der Waals surface area contributed by atoms with Crippen LogP contribution in [0, 0.1) is 11.7 Å². The summed E-state index contributed by atoms with van der Waals surface area (Å²) in [5, 5.41) is 1.86. The fraction of sp³-hybridized carbons (Fsp3) is 0.167. The topological polar surface area (TPSA) is 44.8 Å². The van der Waals surface area contributed by atoms with Crippen LogP contribution in [0.15, 0.2) is 84.9 Å². The lowest BCUT2D eigenvalue weighted by Crippen LogP contribution is -2.35. The fourth-order valence-electron chi connectivity index (χ4n) is 4.32. The first-order valence-electron chi connectivity index (χ1n) is 11.5. The van der Waals surface area contributed by atoms with Crippen LogP contribution in [0.5, 0.6) is 17.2 Å². The molecule has 1 unspecified atom stereocenters. The molecule has 0 fully saturated rings. The van der Waals surface area contributed by atoms with Crippen molar-refractivity contribution in [3.8, 4) is 17.2 Å². The summed E-state index contributed by atoms with van der Waals surface area (Å²) < 4.78 is 32.6. The molecular weight excluding hydrogens is 443 g/mol. The minimum atomic E-state index is -1.17. The Morgan fingerprint density at radius 2 is 1.66 bits per heavy atom.